The van der Waals surface area contributed by atoms with Crippen molar-refractivity contribution >= 4 is 22.9 Å². The van der Waals surface area contributed by atoms with E-state index in [0.717, 1.165) is 5.92 Å². The van der Waals surface area contributed by atoms with Crippen LogP contribution in [0.4, 0.5) is 0 Å². The number of hydrogen-bond acceptors (Lipinski definition) is 1. The molecule has 4 unspecified atom stereocenters. The SMILES string of the molecule is Cc1cc(C)c(C(Cl)C2C3CCc4ccccc4C32)s1. The van der Waals surface area contributed by atoms with Crippen LogP contribution in [-0.4, -0.2) is 0 Å². The Morgan fingerprint density at radius 2 is 2.05 bits per heavy atom. The lowest BCUT2D eigenvalue weighted by molar-refractivity contribution is 0.624. The third-order valence-electron chi connectivity index (χ3n) is 5.06. The van der Waals surface area contributed by atoms with Gasteiger partial charge in [0.15, 0.2) is 0 Å². The van der Waals surface area contributed by atoms with Crippen molar-refractivity contribution in [2.45, 2.75) is 38.0 Å². The largest absolute Gasteiger partial charge is 0.144 e. The molecule has 0 amide bonds. The number of benzene rings is 1. The van der Waals surface area contributed by atoms with Gasteiger partial charge in [-0.2, -0.15) is 0 Å². The van der Waals surface area contributed by atoms with E-state index in [0.29, 0.717) is 11.8 Å². The molecule has 2 aliphatic carbocycles. The number of fused-ring (bicyclic) bond motifs is 3. The Labute approximate surface area is 129 Å². The van der Waals surface area contributed by atoms with Crippen molar-refractivity contribution in [1.82, 2.24) is 0 Å². The fourth-order valence-electron chi connectivity index (χ4n) is 4.13. The molecule has 2 aromatic rings. The van der Waals surface area contributed by atoms with Gasteiger partial charge in [-0.05, 0) is 67.2 Å². The van der Waals surface area contributed by atoms with Gasteiger partial charge in [0.1, 0.15) is 0 Å². The molecular weight excluding hydrogens is 284 g/mol. The molecule has 1 fully saturated rings. The lowest BCUT2D eigenvalue weighted by Crippen LogP contribution is -2.00. The Balaban J connectivity index is 1.65. The van der Waals surface area contributed by atoms with Gasteiger partial charge in [0.25, 0.3) is 0 Å². The molecule has 4 atom stereocenters. The first-order chi connectivity index (χ1) is 9.66. The van der Waals surface area contributed by atoms with Crippen molar-refractivity contribution in [3.63, 3.8) is 0 Å². The zero-order chi connectivity index (χ0) is 13.9. The first-order valence-electron chi connectivity index (χ1n) is 7.45. The van der Waals surface area contributed by atoms with Crippen LogP contribution in [0.3, 0.4) is 0 Å². The summed E-state index contributed by atoms with van der Waals surface area (Å²) in [6.45, 7) is 4.38. The molecular formula is C18H19ClS. The Hall–Kier alpha value is -0.790. The predicted molar refractivity (Wildman–Crippen MR) is 86.9 cm³/mol. The van der Waals surface area contributed by atoms with E-state index in [-0.39, 0.29) is 5.38 Å². The molecule has 0 saturated heterocycles. The van der Waals surface area contributed by atoms with Gasteiger partial charge in [-0.1, -0.05) is 24.3 Å². The molecule has 0 spiro atoms. The van der Waals surface area contributed by atoms with Gasteiger partial charge in [-0.25, -0.2) is 0 Å². The van der Waals surface area contributed by atoms with E-state index in [2.05, 4.69) is 44.2 Å². The van der Waals surface area contributed by atoms with Crippen LogP contribution >= 0.6 is 22.9 Å². The maximum absolute atomic E-state index is 6.87. The van der Waals surface area contributed by atoms with Crippen molar-refractivity contribution in [2.75, 3.05) is 0 Å². The van der Waals surface area contributed by atoms with E-state index in [1.807, 2.05) is 11.3 Å². The lowest BCUT2D eigenvalue weighted by atomic mass is 9.92. The quantitative estimate of drug-likeness (QED) is 0.631. The van der Waals surface area contributed by atoms with E-state index in [1.165, 1.54) is 28.2 Å². The molecule has 1 aromatic heterocycles. The molecule has 1 aromatic carbocycles. The minimum absolute atomic E-state index is 0.204. The average Bonchev–Trinajstić information content (AvgIpc) is 3.09. The van der Waals surface area contributed by atoms with Crippen LogP contribution < -0.4 is 0 Å². The second-order valence-corrected chi connectivity index (χ2v) is 8.07. The maximum atomic E-state index is 6.87. The van der Waals surface area contributed by atoms with Gasteiger partial charge in [-0.15, -0.1) is 22.9 Å². The van der Waals surface area contributed by atoms with Crippen LogP contribution in [0.15, 0.2) is 30.3 Å². The summed E-state index contributed by atoms with van der Waals surface area (Å²) in [5, 5.41) is 0.204. The molecule has 1 heterocycles. The van der Waals surface area contributed by atoms with E-state index in [4.69, 9.17) is 11.6 Å². The van der Waals surface area contributed by atoms with Gasteiger partial charge < -0.3 is 0 Å². The highest BCUT2D eigenvalue weighted by Crippen LogP contribution is 2.66. The molecule has 0 radical (unpaired) electrons. The van der Waals surface area contributed by atoms with Crippen LogP contribution in [0.1, 0.15) is 44.2 Å². The first kappa shape index (κ1) is 12.9. The standard InChI is InChI=1S/C18H19ClS/c1-10-9-11(2)20-18(10)17(19)16-14-8-7-12-5-3-4-6-13(12)15(14)16/h3-6,9,14-17H,7-8H2,1-2H3. The third kappa shape index (κ3) is 1.87. The van der Waals surface area contributed by atoms with Crippen molar-refractivity contribution in [3.8, 4) is 0 Å². The van der Waals surface area contributed by atoms with Gasteiger partial charge >= 0.3 is 0 Å². The molecule has 4 rings (SSSR count). The van der Waals surface area contributed by atoms with Crippen molar-refractivity contribution in [1.29, 1.82) is 0 Å². The summed E-state index contributed by atoms with van der Waals surface area (Å²) in [5.41, 5.74) is 4.51. The van der Waals surface area contributed by atoms with Crippen molar-refractivity contribution in [2.24, 2.45) is 11.8 Å². The Bertz CT molecular complexity index is 657. The summed E-state index contributed by atoms with van der Waals surface area (Å²) < 4.78 is 0. The minimum atomic E-state index is 0.204. The van der Waals surface area contributed by atoms with Crippen molar-refractivity contribution < 1.29 is 0 Å². The average molecular weight is 303 g/mol. The number of aryl methyl sites for hydroxylation is 3. The third-order valence-corrected chi connectivity index (χ3v) is 6.93. The Kier molecular flexibility index (Phi) is 2.98. The van der Waals surface area contributed by atoms with Crippen LogP contribution in [-0.2, 0) is 6.42 Å². The van der Waals surface area contributed by atoms with E-state index in [1.54, 1.807) is 11.1 Å². The highest BCUT2D eigenvalue weighted by atomic mass is 35.5. The zero-order valence-electron chi connectivity index (χ0n) is 11.9. The number of halogens is 1. The van der Waals surface area contributed by atoms with Gasteiger partial charge in [0.2, 0.25) is 0 Å². The number of hydrogen-bond donors (Lipinski definition) is 0. The van der Waals surface area contributed by atoms with E-state index < -0.39 is 0 Å². The summed E-state index contributed by atoms with van der Waals surface area (Å²) in [6.07, 6.45) is 2.55. The predicted octanol–water partition coefficient (Wildman–Crippen LogP) is 5.62. The fourth-order valence-corrected chi connectivity index (χ4v) is 5.85. The van der Waals surface area contributed by atoms with E-state index >= 15 is 0 Å². The molecule has 1 saturated carbocycles. The second kappa shape index (κ2) is 4.61. The number of thiophene rings is 1. The monoisotopic (exact) mass is 302 g/mol. The summed E-state index contributed by atoms with van der Waals surface area (Å²) in [6, 6.07) is 11.2. The van der Waals surface area contributed by atoms with Gasteiger partial charge in [0.05, 0.1) is 5.38 Å². The maximum Gasteiger partial charge on any atom is 0.0718 e. The molecule has 104 valence electrons. The molecule has 2 heteroatoms. The second-order valence-electron chi connectivity index (χ2n) is 6.31. The summed E-state index contributed by atoms with van der Waals surface area (Å²) in [7, 11) is 0. The fraction of sp³-hybridized carbons (Fsp3) is 0.444. The summed E-state index contributed by atoms with van der Waals surface area (Å²) in [4.78, 5) is 2.79. The molecule has 2 aliphatic rings. The van der Waals surface area contributed by atoms with Gasteiger partial charge in [0, 0.05) is 9.75 Å². The smallest absolute Gasteiger partial charge is 0.0718 e. The molecule has 0 nitrogen and oxygen atoms in total. The van der Waals surface area contributed by atoms with Gasteiger partial charge in [-0.3, -0.25) is 0 Å². The molecule has 0 N–H and O–H groups in total. The summed E-state index contributed by atoms with van der Waals surface area (Å²) in [5.74, 6) is 2.18. The molecule has 20 heavy (non-hydrogen) atoms. The van der Waals surface area contributed by atoms with E-state index in [9.17, 15) is 0 Å². The topological polar surface area (TPSA) is 0 Å². The lowest BCUT2D eigenvalue weighted by Gasteiger charge is -2.13. The summed E-state index contributed by atoms with van der Waals surface area (Å²) >= 11 is 8.76. The number of rotatable bonds is 2. The van der Waals surface area contributed by atoms with Crippen molar-refractivity contribution in [3.05, 3.63) is 56.8 Å². The highest BCUT2D eigenvalue weighted by Gasteiger charge is 2.56. The Morgan fingerprint density at radius 3 is 2.80 bits per heavy atom. The first-order valence-corrected chi connectivity index (χ1v) is 8.71. The zero-order valence-corrected chi connectivity index (χ0v) is 13.5. The number of alkyl halides is 1. The molecule has 0 aliphatic heterocycles. The van der Waals surface area contributed by atoms with Crippen LogP contribution in [0.5, 0.6) is 0 Å². The highest BCUT2D eigenvalue weighted by molar-refractivity contribution is 7.12. The normalized spacial score (nSPS) is 28.6. The van der Waals surface area contributed by atoms with Crippen LogP contribution in [0, 0.1) is 25.7 Å². The van der Waals surface area contributed by atoms with Crippen LogP contribution in [0.2, 0.25) is 0 Å². The van der Waals surface area contributed by atoms with Crippen LogP contribution in [0.25, 0.3) is 0 Å². The Morgan fingerprint density at radius 1 is 1.25 bits per heavy atom. The molecule has 0 bridgehead atoms. The minimum Gasteiger partial charge on any atom is -0.144 e.